The fourth-order valence-electron chi connectivity index (χ4n) is 2.06. The normalized spacial score (nSPS) is 16.5. The Morgan fingerprint density at radius 2 is 2.29 bits per heavy atom. The van der Waals surface area contributed by atoms with Crippen LogP contribution in [-0.2, 0) is 11.0 Å². The van der Waals surface area contributed by atoms with Gasteiger partial charge in [0.05, 0.1) is 0 Å². The van der Waals surface area contributed by atoms with E-state index in [1.807, 2.05) is 6.07 Å². The van der Waals surface area contributed by atoms with Gasteiger partial charge in [0.2, 0.25) is 0 Å². The maximum absolute atomic E-state index is 11.3. The quantitative estimate of drug-likeness (QED) is 0.711. The van der Waals surface area contributed by atoms with E-state index in [4.69, 9.17) is 8.85 Å². The predicted molar refractivity (Wildman–Crippen MR) is 82.7 cm³/mol. The number of ether oxygens (including phenoxy) is 1. The van der Waals surface area contributed by atoms with Gasteiger partial charge in [0.1, 0.15) is 5.75 Å². The molecule has 21 heavy (non-hydrogen) atoms. The standard InChI is InChI=1S/C14H21N2O4P/c1-10(21(17,18)19)20-13-6-4-5-12-14(13)11(9-15-12)7-8-16(2)3/h4-6,9-10,15H,7-8H2,1-3H3,(H2,17,18,19)/i2D3. The average molecular weight is 315 g/mol. The molecule has 0 aliphatic rings. The molecule has 1 aromatic heterocycles. The van der Waals surface area contributed by atoms with E-state index in [9.17, 15) is 14.4 Å². The Morgan fingerprint density at radius 1 is 1.52 bits per heavy atom. The van der Waals surface area contributed by atoms with E-state index in [-0.39, 0.29) is 0 Å². The molecule has 0 saturated heterocycles. The van der Waals surface area contributed by atoms with Crippen molar-refractivity contribution in [3.05, 3.63) is 30.0 Å². The summed E-state index contributed by atoms with van der Waals surface area (Å²) in [4.78, 5) is 22.8. The maximum atomic E-state index is 11.3. The Balaban J connectivity index is 2.28. The van der Waals surface area contributed by atoms with Gasteiger partial charge < -0.3 is 24.4 Å². The second-order valence-corrected chi connectivity index (χ2v) is 6.88. The molecule has 0 aliphatic carbocycles. The Hall–Kier alpha value is -1.33. The van der Waals surface area contributed by atoms with Gasteiger partial charge in [-0.05, 0) is 45.1 Å². The third-order valence-corrected chi connectivity index (χ3v) is 4.29. The highest BCUT2D eigenvalue weighted by atomic mass is 31.2. The fraction of sp³-hybridized carbons (Fsp3) is 0.429. The number of likely N-dealkylation sites (N-methyl/N-ethyl adjacent to an activating group) is 1. The number of hydrogen-bond acceptors (Lipinski definition) is 3. The summed E-state index contributed by atoms with van der Waals surface area (Å²) < 4.78 is 38.9. The van der Waals surface area contributed by atoms with Crippen LogP contribution in [0.1, 0.15) is 16.6 Å². The molecular formula is C14H21N2O4P. The molecule has 1 aromatic carbocycles. The van der Waals surface area contributed by atoms with Crippen LogP contribution in [0.2, 0.25) is 0 Å². The zero-order chi connectivity index (χ0) is 18.1. The van der Waals surface area contributed by atoms with Gasteiger partial charge in [0, 0.05) is 27.8 Å². The van der Waals surface area contributed by atoms with Crippen molar-refractivity contribution in [2.45, 2.75) is 19.2 Å². The predicted octanol–water partition coefficient (Wildman–Crippen LogP) is 2.17. The van der Waals surface area contributed by atoms with Crippen LogP contribution < -0.4 is 4.74 Å². The van der Waals surface area contributed by atoms with Crippen LogP contribution in [0.3, 0.4) is 0 Å². The van der Waals surface area contributed by atoms with Gasteiger partial charge in [-0.1, -0.05) is 6.07 Å². The molecule has 0 saturated carbocycles. The first kappa shape index (κ1) is 12.2. The molecule has 2 rings (SSSR count). The third-order valence-electron chi connectivity index (χ3n) is 3.24. The molecule has 0 amide bonds. The van der Waals surface area contributed by atoms with Crippen LogP contribution in [0.4, 0.5) is 0 Å². The van der Waals surface area contributed by atoms with Crippen molar-refractivity contribution in [1.29, 1.82) is 0 Å². The molecule has 0 spiro atoms. The smallest absolute Gasteiger partial charge is 0.365 e. The molecule has 0 fully saturated rings. The zero-order valence-electron chi connectivity index (χ0n) is 14.9. The summed E-state index contributed by atoms with van der Waals surface area (Å²) in [5.41, 5.74) is 1.59. The SMILES string of the molecule is [2H]C([2H])([2H])N(C)CCc1c[nH]c2cccc(OC(C)P(=O)(O)O)c12. The molecule has 1 unspecified atom stereocenters. The number of nitrogens with zero attached hydrogens (tertiary/aromatic N) is 1. The van der Waals surface area contributed by atoms with Crippen LogP contribution in [-0.4, -0.2) is 46.1 Å². The van der Waals surface area contributed by atoms with Crippen molar-refractivity contribution in [3.8, 4) is 5.75 Å². The molecule has 3 N–H and O–H groups in total. The Labute approximate surface area is 128 Å². The van der Waals surface area contributed by atoms with Crippen LogP contribution >= 0.6 is 7.60 Å². The average Bonchev–Trinajstić information content (AvgIpc) is 2.87. The van der Waals surface area contributed by atoms with Crippen molar-refractivity contribution < 1.29 is 23.2 Å². The number of rotatable bonds is 6. The van der Waals surface area contributed by atoms with Crippen LogP contribution in [0.5, 0.6) is 5.75 Å². The largest absolute Gasteiger partial charge is 0.477 e. The van der Waals surface area contributed by atoms with Crippen LogP contribution in [0, 0.1) is 0 Å². The number of hydrogen-bond donors (Lipinski definition) is 3. The van der Waals surface area contributed by atoms with E-state index in [2.05, 4.69) is 4.98 Å². The second-order valence-electron chi connectivity index (χ2n) is 4.97. The minimum absolute atomic E-state index is 0.311. The molecule has 6 nitrogen and oxygen atoms in total. The van der Waals surface area contributed by atoms with Gasteiger partial charge >= 0.3 is 7.60 Å². The maximum Gasteiger partial charge on any atom is 0.365 e. The molecule has 7 heteroatoms. The van der Waals surface area contributed by atoms with Gasteiger partial charge in [0.15, 0.2) is 5.85 Å². The molecule has 1 atom stereocenters. The van der Waals surface area contributed by atoms with Gasteiger partial charge in [-0.25, -0.2) is 0 Å². The first-order valence-corrected chi connectivity index (χ1v) is 8.20. The number of fused-ring (bicyclic) bond motifs is 1. The van der Waals surface area contributed by atoms with Crippen molar-refractivity contribution >= 4 is 18.5 Å². The molecule has 116 valence electrons. The van der Waals surface area contributed by atoms with E-state index in [1.165, 1.54) is 18.9 Å². The Bertz CT molecular complexity index is 756. The summed E-state index contributed by atoms with van der Waals surface area (Å²) in [5.74, 6) is -0.910. The molecular weight excluding hydrogens is 291 g/mol. The van der Waals surface area contributed by atoms with Gasteiger partial charge in [-0.15, -0.1) is 0 Å². The van der Waals surface area contributed by atoms with E-state index in [1.54, 1.807) is 18.3 Å². The van der Waals surface area contributed by atoms with Crippen molar-refractivity contribution in [2.24, 2.45) is 0 Å². The number of aromatic amines is 1. The highest BCUT2D eigenvalue weighted by Crippen LogP contribution is 2.43. The summed E-state index contributed by atoms with van der Waals surface area (Å²) in [7, 11) is -2.84. The lowest BCUT2D eigenvalue weighted by atomic mass is 10.1. The van der Waals surface area contributed by atoms with E-state index < -0.39 is 20.4 Å². The fourth-order valence-corrected chi connectivity index (χ4v) is 2.31. The molecule has 0 bridgehead atoms. The first-order valence-electron chi connectivity index (χ1n) is 8.02. The summed E-state index contributed by atoms with van der Waals surface area (Å²) >= 11 is 0. The van der Waals surface area contributed by atoms with Crippen LogP contribution in [0.15, 0.2) is 24.4 Å². The number of nitrogens with one attached hydrogen (secondary N) is 1. The van der Waals surface area contributed by atoms with Gasteiger partial charge in [0.25, 0.3) is 0 Å². The number of H-pyrrole nitrogens is 1. The molecule has 0 aliphatic heterocycles. The van der Waals surface area contributed by atoms with E-state index >= 15 is 0 Å². The summed E-state index contributed by atoms with van der Waals surface area (Å²) in [6, 6.07) is 5.18. The van der Waals surface area contributed by atoms with Gasteiger partial charge in [-0.2, -0.15) is 0 Å². The first-order chi connectivity index (χ1) is 11.0. The minimum Gasteiger partial charge on any atom is -0.477 e. The van der Waals surface area contributed by atoms with Crippen molar-refractivity contribution in [1.82, 2.24) is 9.88 Å². The van der Waals surface area contributed by atoms with E-state index in [0.29, 0.717) is 24.1 Å². The number of benzene rings is 1. The lowest BCUT2D eigenvalue weighted by Gasteiger charge is -2.17. The van der Waals surface area contributed by atoms with Crippen molar-refractivity contribution in [3.63, 3.8) is 0 Å². The second kappa shape index (κ2) is 6.20. The van der Waals surface area contributed by atoms with Gasteiger partial charge in [-0.3, -0.25) is 4.57 Å². The molecule has 0 radical (unpaired) electrons. The zero-order valence-corrected chi connectivity index (χ0v) is 12.8. The summed E-state index contributed by atoms with van der Waals surface area (Å²) in [5, 5.41) is 0.705. The van der Waals surface area contributed by atoms with Crippen LogP contribution in [0.25, 0.3) is 10.9 Å². The topological polar surface area (TPSA) is 85.8 Å². The van der Waals surface area contributed by atoms with Crippen molar-refractivity contribution in [2.75, 3.05) is 20.6 Å². The Morgan fingerprint density at radius 3 is 2.95 bits per heavy atom. The lowest BCUT2D eigenvalue weighted by molar-refractivity contribution is 0.239. The summed E-state index contributed by atoms with van der Waals surface area (Å²) in [6.45, 7) is -0.541. The number of aromatic nitrogens is 1. The van der Waals surface area contributed by atoms with E-state index in [0.717, 1.165) is 11.1 Å². The third kappa shape index (κ3) is 3.86. The Kier molecular flexibility index (Phi) is 3.61. The molecule has 1 heterocycles. The summed E-state index contributed by atoms with van der Waals surface area (Å²) in [6.07, 6.45) is 2.21. The minimum atomic E-state index is -4.36. The molecule has 2 aromatic rings. The highest BCUT2D eigenvalue weighted by molar-refractivity contribution is 7.52. The lowest BCUT2D eigenvalue weighted by Crippen LogP contribution is -2.15. The highest BCUT2D eigenvalue weighted by Gasteiger charge is 2.26. The monoisotopic (exact) mass is 315 g/mol.